The first-order valence-electron chi connectivity index (χ1n) is 9.31. The lowest BCUT2D eigenvalue weighted by Gasteiger charge is -2.38. The first kappa shape index (κ1) is 22.1. The Kier molecular flexibility index (Phi) is 6.36. The number of aliphatic hydroxyl groups is 1. The molecule has 1 atom stereocenters. The highest BCUT2D eigenvalue weighted by atomic mass is 32.2. The van der Waals surface area contributed by atoms with E-state index in [0.29, 0.717) is 37.3 Å². The standard InChI is InChI=1S/C17H23FN6O5S/c1-30(27,28)21-9-13-10-24(16(25)29-13)12-2-3-15(14(18)8-12)23-6-4-17(26,5-7-23)11-20-22-19/h2-3,8,13,21,26H,4-7,9-11H2,1H3/t13-/m0/s1. The van der Waals surface area contributed by atoms with Crippen molar-refractivity contribution in [3.8, 4) is 0 Å². The van der Waals surface area contributed by atoms with Crippen molar-refractivity contribution in [2.45, 2.75) is 24.5 Å². The highest BCUT2D eigenvalue weighted by molar-refractivity contribution is 7.88. The molecule has 13 heteroatoms. The third-order valence-electron chi connectivity index (χ3n) is 5.15. The number of sulfonamides is 1. The molecule has 0 aliphatic carbocycles. The lowest BCUT2D eigenvalue weighted by atomic mass is 9.91. The Balaban J connectivity index is 1.64. The smallest absolute Gasteiger partial charge is 0.414 e. The maximum absolute atomic E-state index is 14.8. The van der Waals surface area contributed by atoms with Crippen LogP contribution in [0.2, 0.25) is 0 Å². The monoisotopic (exact) mass is 442 g/mol. The topological polar surface area (TPSA) is 148 Å². The van der Waals surface area contributed by atoms with Crippen LogP contribution in [-0.2, 0) is 14.8 Å². The fourth-order valence-corrected chi connectivity index (χ4v) is 3.98. The van der Waals surface area contributed by atoms with Crippen LogP contribution in [0.5, 0.6) is 0 Å². The van der Waals surface area contributed by atoms with E-state index in [2.05, 4.69) is 14.7 Å². The Labute approximate surface area is 173 Å². The first-order chi connectivity index (χ1) is 14.1. The maximum atomic E-state index is 14.8. The van der Waals surface area contributed by atoms with Gasteiger partial charge in [0.1, 0.15) is 11.9 Å². The van der Waals surface area contributed by atoms with Gasteiger partial charge in [-0.25, -0.2) is 22.3 Å². The molecular formula is C17H23FN6O5S. The number of halogens is 1. The molecule has 2 saturated heterocycles. The van der Waals surface area contributed by atoms with Crippen LogP contribution in [0.1, 0.15) is 12.8 Å². The number of nitrogens with zero attached hydrogens (tertiary/aromatic N) is 5. The largest absolute Gasteiger partial charge is 0.443 e. The summed E-state index contributed by atoms with van der Waals surface area (Å²) in [6.45, 7) is 0.785. The van der Waals surface area contributed by atoms with E-state index >= 15 is 0 Å². The van der Waals surface area contributed by atoms with E-state index in [9.17, 15) is 22.7 Å². The van der Waals surface area contributed by atoms with Gasteiger partial charge in [0.15, 0.2) is 0 Å². The molecule has 2 aliphatic rings. The SMILES string of the molecule is CS(=O)(=O)NC[C@H]1CN(c2ccc(N3CCC(O)(CN=[N+]=[N-])CC3)c(F)c2)C(=O)O1. The molecule has 11 nitrogen and oxygen atoms in total. The molecule has 30 heavy (non-hydrogen) atoms. The molecule has 0 spiro atoms. The predicted octanol–water partition coefficient (Wildman–Crippen LogP) is 1.34. The molecular weight excluding hydrogens is 419 g/mol. The molecule has 2 aliphatic heterocycles. The number of hydrogen-bond donors (Lipinski definition) is 2. The Hall–Kier alpha value is -2.60. The fourth-order valence-electron chi connectivity index (χ4n) is 3.49. The minimum atomic E-state index is -3.42. The fraction of sp³-hybridized carbons (Fsp3) is 0.588. The summed E-state index contributed by atoms with van der Waals surface area (Å²) in [6, 6.07) is 4.37. The number of cyclic esters (lactones) is 1. The van der Waals surface area contributed by atoms with E-state index in [1.54, 1.807) is 17.0 Å². The first-order valence-corrected chi connectivity index (χ1v) is 11.2. The van der Waals surface area contributed by atoms with E-state index in [4.69, 9.17) is 10.3 Å². The number of rotatable bonds is 7. The van der Waals surface area contributed by atoms with E-state index in [0.717, 1.165) is 6.26 Å². The second kappa shape index (κ2) is 8.64. The Morgan fingerprint density at radius 2 is 2.13 bits per heavy atom. The average Bonchev–Trinajstić information content (AvgIpc) is 3.06. The van der Waals surface area contributed by atoms with Gasteiger partial charge in [-0.2, -0.15) is 0 Å². The zero-order chi connectivity index (χ0) is 21.9. The number of ether oxygens (including phenoxy) is 1. The molecule has 0 bridgehead atoms. The van der Waals surface area contributed by atoms with Crippen LogP contribution in [0.15, 0.2) is 23.3 Å². The highest BCUT2D eigenvalue weighted by Crippen LogP contribution is 2.31. The molecule has 3 rings (SSSR count). The molecule has 164 valence electrons. The number of benzene rings is 1. The number of piperidine rings is 1. The highest BCUT2D eigenvalue weighted by Gasteiger charge is 2.35. The number of azide groups is 1. The van der Waals surface area contributed by atoms with Crippen molar-refractivity contribution in [1.82, 2.24) is 4.72 Å². The summed E-state index contributed by atoms with van der Waals surface area (Å²) >= 11 is 0. The molecule has 1 aromatic carbocycles. The van der Waals surface area contributed by atoms with Crippen LogP contribution >= 0.6 is 0 Å². The number of hydrogen-bond acceptors (Lipinski definition) is 7. The summed E-state index contributed by atoms with van der Waals surface area (Å²) < 4.78 is 44.6. The molecule has 1 aromatic rings. The van der Waals surface area contributed by atoms with Crippen molar-refractivity contribution in [3.63, 3.8) is 0 Å². The minimum Gasteiger partial charge on any atom is -0.443 e. The summed E-state index contributed by atoms with van der Waals surface area (Å²) in [5.41, 5.74) is 7.97. The van der Waals surface area contributed by atoms with Crippen molar-refractivity contribution in [2.24, 2.45) is 5.11 Å². The minimum absolute atomic E-state index is 0.0226. The van der Waals surface area contributed by atoms with Gasteiger partial charge in [0, 0.05) is 24.5 Å². The molecule has 0 radical (unpaired) electrons. The lowest BCUT2D eigenvalue weighted by molar-refractivity contribution is 0.0250. The molecule has 0 saturated carbocycles. The summed E-state index contributed by atoms with van der Waals surface area (Å²) in [7, 11) is -3.42. The van der Waals surface area contributed by atoms with Crippen LogP contribution in [0.4, 0.5) is 20.6 Å². The van der Waals surface area contributed by atoms with Crippen molar-refractivity contribution in [3.05, 3.63) is 34.5 Å². The summed E-state index contributed by atoms with van der Waals surface area (Å²) in [6.07, 6.45) is 0.323. The van der Waals surface area contributed by atoms with Gasteiger partial charge in [-0.05, 0) is 36.6 Å². The van der Waals surface area contributed by atoms with Gasteiger partial charge in [-0.15, -0.1) is 0 Å². The Morgan fingerprint density at radius 1 is 1.43 bits per heavy atom. The maximum Gasteiger partial charge on any atom is 0.414 e. The molecule has 2 heterocycles. The molecule has 0 aromatic heterocycles. The molecule has 1 amide bonds. The number of carbonyl (C=O) groups excluding carboxylic acids is 1. The normalized spacial score (nSPS) is 21.3. The second-order valence-electron chi connectivity index (χ2n) is 7.47. The number of carbonyl (C=O) groups is 1. The third-order valence-corrected chi connectivity index (χ3v) is 5.84. The van der Waals surface area contributed by atoms with Crippen LogP contribution in [0, 0.1) is 5.82 Å². The zero-order valence-corrected chi connectivity index (χ0v) is 17.2. The summed E-state index contributed by atoms with van der Waals surface area (Å²) in [4.78, 5) is 17.8. The Bertz CT molecular complexity index is 959. The average molecular weight is 442 g/mol. The predicted molar refractivity (Wildman–Crippen MR) is 107 cm³/mol. The second-order valence-corrected chi connectivity index (χ2v) is 9.31. The summed E-state index contributed by atoms with van der Waals surface area (Å²) in [5, 5.41) is 13.8. The van der Waals surface area contributed by atoms with E-state index in [1.807, 2.05) is 0 Å². The van der Waals surface area contributed by atoms with Crippen molar-refractivity contribution >= 4 is 27.5 Å². The van der Waals surface area contributed by atoms with Gasteiger partial charge in [0.25, 0.3) is 0 Å². The van der Waals surface area contributed by atoms with Crippen LogP contribution in [0.25, 0.3) is 10.4 Å². The molecule has 2 fully saturated rings. The van der Waals surface area contributed by atoms with Gasteiger partial charge < -0.3 is 14.7 Å². The van der Waals surface area contributed by atoms with Crippen molar-refractivity contribution < 1.29 is 27.4 Å². The van der Waals surface area contributed by atoms with Gasteiger partial charge in [0.05, 0.1) is 36.3 Å². The number of amides is 1. The van der Waals surface area contributed by atoms with Crippen molar-refractivity contribution in [1.29, 1.82) is 0 Å². The van der Waals surface area contributed by atoms with Crippen LogP contribution in [-0.4, -0.2) is 70.3 Å². The van der Waals surface area contributed by atoms with Gasteiger partial charge in [0.2, 0.25) is 10.0 Å². The summed E-state index contributed by atoms with van der Waals surface area (Å²) in [5.74, 6) is -0.529. The Morgan fingerprint density at radius 3 is 2.73 bits per heavy atom. The van der Waals surface area contributed by atoms with E-state index in [1.165, 1.54) is 11.0 Å². The quantitative estimate of drug-likeness (QED) is 0.370. The number of anilines is 2. The van der Waals surface area contributed by atoms with E-state index in [-0.39, 0.29) is 19.6 Å². The van der Waals surface area contributed by atoms with Gasteiger partial charge in [-0.1, -0.05) is 5.11 Å². The van der Waals surface area contributed by atoms with Crippen LogP contribution < -0.4 is 14.5 Å². The van der Waals surface area contributed by atoms with Gasteiger partial charge >= 0.3 is 6.09 Å². The molecule has 0 unspecified atom stereocenters. The van der Waals surface area contributed by atoms with E-state index < -0.39 is 33.6 Å². The molecule has 2 N–H and O–H groups in total. The lowest BCUT2D eigenvalue weighted by Crippen LogP contribution is -2.46. The number of nitrogens with one attached hydrogen (secondary N) is 1. The van der Waals surface area contributed by atoms with Gasteiger partial charge in [-0.3, -0.25) is 4.90 Å². The van der Waals surface area contributed by atoms with Crippen molar-refractivity contribution in [2.75, 3.05) is 48.8 Å². The zero-order valence-electron chi connectivity index (χ0n) is 16.4. The van der Waals surface area contributed by atoms with Crippen LogP contribution in [0.3, 0.4) is 0 Å². The third kappa shape index (κ3) is 5.30.